The molecule has 1 aliphatic rings. The molecule has 1 fully saturated rings. The first-order valence-corrected chi connectivity index (χ1v) is 9.45. The van der Waals surface area contributed by atoms with E-state index in [0.717, 1.165) is 19.0 Å². The van der Waals surface area contributed by atoms with Gasteiger partial charge >= 0.3 is 0 Å². The average Bonchev–Trinajstić information content (AvgIpc) is 2.56. The van der Waals surface area contributed by atoms with Gasteiger partial charge in [0, 0.05) is 25.2 Å². The molecule has 1 saturated heterocycles. The molecule has 1 aliphatic heterocycles. The fourth-order valence-corrected chi connectivity index (χ4v) is 3.14. The molecule has 5 heteroatoms. The van der Waals surface area contributed by atoms with Crippen molar-refractivity contribution < 1.29 is 0 Å². The summed E-state index contributed by atoms with van der Waals surface area (Å²) in [6.45, 7) is 12.6. The smallest absolute Gasteiger partial charge is 0.191 e. The Morgan fingerprint density at radius 3 is 2.48 bits per heavy atom. The van der Waals surface area contributed by atoms with Crippen molar-refractivity contribution in [2.24, 2.45) is 4.99 Å². The monoisotopic (exact) mass is 458 g/mol. The highest BCUT2D eigenvalue weighted by atomic mass is 127. The second-order valence-electron chi connectivity index (χ2n) is 7.13. The van der Waals surface area contributed by atoms with Gasteiger partial charge in [-0.3, -0.25) is 4.90 Å². The normalized spacial score (nSPS) is 18.8. The van der Waals surface area contributed by atoms with Gasteiger partial charge in [-0.1, -0.05) is 30.7 Å². The Hall–Kier alpha value is -0.820. The lowest BCUT2D eigenvalue weighted by molar-refractivity contribution is 0.152. The molecule has 0 bridgehead atoms. The third kappa shape index (κ3) is 7.94. The number of likely N-dealkylation sites (tertiary alicyclic amines) is 1. The number of piperidine rings is 1. The molecule has 0 spiro atoms. The van der Waals surface area contributed by atoms with Gasteiger partial charge in [0.1, 0.15) is 0 Å². The van der Waals surface area contributed by atoms with E-state index in [9.17, 15) is 0 Å². The van der Waals surface area contributed by atoms with Crippen molar-refractivity contribution >= 4 is 29.9 Å². The van der Waals surface area contributed by atoms with Crippen molar-refractivity contribution in [2.75, 3.05) is 13.1 Å². The van der Waals surface area contributed by atoms with Gasteiger partial charge in [0.2, 0.25) is 0 Å². The van der Waals surface area contributed by atoms with Crippen LogP contribution in [0.4, 0.5) is 0 Å². The first-order valence-electron chi connectivity index (χ1n) is 9.45. The largest absolute Gasteiger partial charge is 0.357 e. The summed E-state index contributed by atoms with van der Waals surface area (Å²) in [5.74, 6) is 0.888. The van der Waals surface area contributed by atoms with E-state index >= 15 is 0 Å². The maximum atomic E-state index is 4.67. The lowest BCUT2D eigenvalue weighted by atomic mass is 10.0. The summed E-state index contributed by atoms with van der Waals surface area (Å²) >= 11 is 0. The third-order valence-electron chi connectivity index (χ3n) is 4.54. The van der Waals surface area contributed by atoms with Gasteiger partial charge in [-0.25, -0.2) is 4.99 Å². The van der Waals surface area contributed by atoms with Crippen molar-refractivity contribution in [3.63, 3.8) is 0 Å². The van der Waals surface area contributed by atoms with E-state index in [-0.39, 0.29) is 24.0 Å². The summed E-state index contributed by atoms with van der Waals surface area (Å²) in [5, 5.41) is 6.64. The lowest BCUT2D eigenvalue weighted by Gasteiger charge is -2.33. The summed E-state index contributed by atoms with van der Waals surface area (Å²) in [6, 6.07) is 10.0. The molecule has 4 nitrogen and oxygen atoms in total. The Balaban J connectivity index is 0.00000312. The molecule has 1 unspecified atom stereocenters. The van der Waals surface area contributed by atoms with Crippen LogP contribution in [-0.2, 0) is 13.1 Å². The molecule has 1 aromatic rings. The second-order valence-corrected chi connectivity index (χ2v) is 7.13. The van der Waals surface area contributed by atoms with Crippen LogP contribution in [-0.4, -0.2) is 36.0 Å². The number of nitrogens with one attached hydrogen (secondary N) is 2. The molecule has 0 aliphatic carbocycles. The van der Waals surface area contributed by atoms with Crippen molar-refractivity contribution in [3.8, 4) is 0 Å². The highest BCUT2D eigenvalue weighted by molar-refractivity contribution is 14.0. The minimum Gasteiger partial charge on any atom is -0.357 e. The van der Waals surface area contributed by atoms with E-state index < -0.39 is 0 Å². The lowest BCUT2D eigenvalue weighted by Crippen LogP contribution is -2.41. The van der Waals surface area contributed by atoms with Gasteiger partial charge < -0.3 is 10.6 Å². The molecule has 2 rings (SSSR count). The Labute approximate surface area is 170 Å². The predicted molar refractivity (Wildman–Crippen MR) is 119 cm³/mol. The molecular weight excluding hydrogens is 423 g/mol. The average molecular weight is 458 g/mol. The second kappa shape index (κ2) is 11.7. The number of guanidine groups is 1. The van der Waals surface area contributed by atoms with Crippen molar-refractivity contribution in [1.29, 1.82) is 0 Å². The quantitative estimate of drug-likeness (QED) is 0.383. The fourth-order valence-electron chi connectivity index (χ4n) is 3.14. The van der Waals surface area contributed by atoms with Crippen LogP contribution in [0.25, 0.3) is 0 Å². The number of hydrogen-bond donors (Lipinski definition) is 2. The van der Waals surface area contributed by atoms with Gasteiger partial charge in [-0.05, 0) is 58.2 Å². The van der Waals surface area contributed by atoms with E-state index in [4.69, 9.17) is 0 Å². The van der Waals surface area contributed by atoms with Crippen LogP contribution in [0, 0.1) is 0 Å². The predicted octanol–water partition coefficient (Wildman–Crippen LogP) is 4.14. The molecule has 2 N–H and O–H groups in total. The first-order chi connectivity index (χ1) is 11.6. The number of nitrogens with zero attached hydrogens (tertiary/aromatic N) is 2. The van der Waals surface area contributed by atoms with Gasteiger partial charge in [0.05, 0.1) is 6.54 Å². The van der Waals surface area contributed by atoms with Crippen LogP contribution in [0.1, 0.15) is 58.1 Å². The summed E-state index contributed by atoms with van der Waals surface area (Å²) in [6.07, 6.45) is 4.06. The number of halogens is 1. The zero-order valence-electron chi connectivity index (χ0n) is 16.2. The Kier molecular flexibility index (Phi) is 10.4. The van der Waals surface area contributed by atoms with Gasteiger partial charge in [-0.2, -0.15) is 0 Å². The minimum atomic E-state index is 0. The number of aliphatic imine (C=N–C) groups is 1. The molecule has 25 heavy (non-hydrogen) atoms. The standard InChI is InChI=1S/C20H34N4.HI/c1-5-21-20(23-16(2)3)22-14-18-9-11-19(12-10-18)15-24-13-7-6-8-17(24)4;/h9-12,16-17H,5-8,13-15H2,1-4H3,(H2,21,22,23);1H. The van der Waals surface area contributed by atoms with Crippen LogP contribution >= 0.6 is 24.0 Å². The van der Waals surface area contributed by atoms with Crippen LogP contribution < -0.4 is 10.6 Å². The van der Waals surface area contributed by atoms with Crippen LogP contribution in [0.5, 0.6) is 0 Å². The molecular formula is C20H35IN4. The third-order valence-corrected chi connectivity index (χ3v) is 4.54. The summed E-state index contributed by atoms with van der Waals surface area (Å²) < 4.78 is 0. The molecule has 0 radical (unpaired) electrons. The zero-order valence-corrected chi connectivity index (χ0v) is 18.5. The van der Waals surface area contributed by atoms with Crippen molar-refractivity contribution in [3.05, 3.63) is 35.4 Å². The number of hydrogen-bond acceptors (Lipinski definition) is 2. The van der Waals surface area contributed by atoms with E-state index in [2.05, 4.69) is 72.5 Å². The molecule has 0 saturated carbocycles. The minimum absolute atomic E-state index is 0. The summed E-state index contributed by atoms with van der Waals surface area (Å²) in [7, 11) is 0. The molecule has 0 aromatic heterocycles. The summed E-state index contributed by atoms with van der Waals surface area (Å²) in [4.78, 5) is 7.27. The highest BCUT2D eigenvalue weighted by Crippen LogP contribution is 2.19. The number of benzene rings is 1. The SMILES string of the molecule is CCNC(=NCc1ccc(CN2CCCCC2C)cc1)NC(C)C.I. The van der Waals surface area contributed by atoms with Gasteiger partial charge in [0.25, 0.3) is 0 Å². The topological polar surface area (TPSA) is 39.7 Å². The summed E-state index contributed by atoms with van der Waals surface area (Å²) in [5.41, 5.74) is 2.66. The first kappa shape index (κ1) is 22.2. The zero-order chi connectivity index (χ0) is 17.4. The maximum absolute atomic E-state index is 4.67. The van der Waals surface area contributed by atoms with Crippen LogP contribution in [0.3, 0.4) is 0 Å². The van der Waals surface area contributed by atoms with Crippen molar-refractivity contribution in [2.45, 2.75) is 72.1 Å². The van der Waals surface area contributed by atoms with E-state index in [1.54, 1.807) is 0 Å². The molecule has 1 aromatic carbocycles. The maximum Gasteiger partial charge on any atom is 0.191 e. The van der Waals surface area contributed by atoms with Gasteiger partial charge in [-0.15, -0.1) is 24.0 Å². The molecule has 0 amide bonds. The Morgan fingerprint density at radius 2 is 1.88 bits per heavy atom. The molecule has 142 valence electrons. The van der Waals surface area contributed by atoms with E-state index in [1.165, 1.54) is 36.9 Å². The molecule has 1 atom stereocenters. The fraction of sp³-hybridized carbons (Fsp3) is 0.650. The highest BCUT2D eigenvalue weighted by Gasteiger charge is 2.17. The Bertz CT molecular complexity index is 513. The Morgan fingerprint density at radius 1 is 1.20 bits per heavy atom. The molecule has 1 heterocycles. The van der Waals surface area contributed by atoms with Gasteiger partial charge in [0.15, 0.2) is 5.96 Å². The van der Waals surface area contributed by atoms with E-state index in [0.29, 0.717) is 18.6 Å². The van der Waals surface area contributed by atoms with E-state index in [1.807, 2.05) is 0 Å². The van der Waals surface area contributed by atoms with Crippen molar-refractivity contribution in [1.82, 2.24) is 15.5 Å². The van der Waals surface area contributed by atoms with Crippen LogP contribution in [0.2, 0.25) is 0 Å². The van der Waals surface area contributed by atoms with Crippen LogP contribution in [0.15, 0.2) is 29.3 Å². The number of rotatable bonds is 6.